The number of hydrogen-bond donors (Lipinski definition) is 1. The summed E-state index contributed by atoms with van der Waals surface area (Å²) in [6.07, 6.45) is 5.25. The molecule has 1 saturated carbocycles. The van der Waals surface area contributed by atoms with Gasteiger partial charge in [0.15, 0.2) is 0 Å². The zero-order valence-corrected chi connectivity index (χ0v) is 16.1. The number of hydrogen-bond acceptors (Lipinski definition) is 2. The van der Waals surface area contributed by atoms with Gasteiger partial charge in [0.05, 0.1) is 12.0 Å². The summed E-state index contributed by atoms with van der Waals surface area (Å²) < 4.78 is 5.98. The normalized spacial score (nSPS) is 14.9. The lowest BCUT2D eigenvalue weighted by Crippen LogP contribution is -2.27. The number of amides is 1. The molecule has 0 saturated heterocycles. The lowest BCUT2D eigenvalue weighted by molar-refractivity contribution is -0.122. The van der Waals surface area contributed by atoms with Gasteiger partial charge in [-0.05, 0) is 81.5 Å². The number of carbonyl (C=O) groups is 1. The van der Waals surface area contributed by atoms with Gasteiger partial charge < -0.3 is 10.1 Å². The second-order valence-corrected chi connectivity index (χ2v) is 7.04. The minimum atomic E-state index is -0.153. The lowest BCUT2D eigenvalue weighted by Gasteiger charge is -2.12. The molecule has 3 nitrogen and oxygen atoms in total. The smallest absolute Gasteiger partial charge is 0.227 e. The third kappa shape index (κ3) is 5.37. The van der Waals surface area contributed by atoms with E-state index in [4.69, 9.17) is 4.74 Å². The van der Waals surface area contributed by atoms with Gasteiger partial charge in [-0.15, -0.1) is 0 Å². The zero-order valence-electron chi connectivity index (χ0n) is 16.1. The second-order valence-electron chi connectivity index (χ2n) is 7.04. The highest BCUT2D eigenvalue weighted by Crippen LogP contribution is 2.24. The Morgan fingerprint density at radius 1 is 1.04 bits per heavy atom. The Hall–Kier alpha value is -2.73. The van der Waals surface area contributed by atoms with Crippen LogP contribution in [0.5, 0.6) is 5.75 Å². The Morgan fingerprint density at radius 3 is 2.15 bits per heavy atom. The molecule has 1 amide bonds. The molecule has 0 radical (unpaired) electrons. The molecule has 3 rings (SSSR count). The van der Waals surface area contributed by atoms with E-state index in [1.54, 1.807) is 0 Å². The molecule has 0 aromatic heterocycles. The highest BCUT2D eigenvalue weighted by atomic mass is 16.5. The van der Waals surface area contributed by atoms with Crippen molar-refractivity contribution in [3.63, 3.8) is 0 Å². The van der Waals surface area contributed by atoms with E-state index in [2.05, 4.69) is 17.2 Å². The molecular formula is C24H27NO2. The van der Waals surface area contributed by atoms with Crippen molar-refractivity contribution in [2.45, 2.75) is 51.6 Å². The van der Waals surface area contributed by atoms with Crippen molar-refractivity contribution < 1.29 is 9.53 Å². The summed E-state index contributed by atoms with van der Waals surface area (Å²) in [4.78, 5) is 11.9. The van der Waals surface area contributed by atoms with E-state index in [9.17, 15) is 4.79 Å². The number of ether oxygens (including phenoxy) is 1. The van der Waals surface area contributed by atoms with Crippen LogP contribution in [0.25, 0.3) is 0 Å². The SMILES string of the molecule is CCNC(=O)C(C)c1ccc(C#Cc2ccc(OC3CCCC3)cc2)cc1. The molecule has 0 aliphatic heterocycles. The summed E-state index contributed by atoms with van der Waals surface area (Å²) in [5.41, 5.74) is 2.90. The Bertz CT molecular complexity index is 806. The van der Waals surface area contributed by atoms with Gasteiger partial charge in [0, 0.05) is 17.7 Å². The average molecular weight is 361 g/mol. The van der Waals surface area contributed by atoms with Crippen LogP contribution in [0.4, 0.5) is 0 Å². The molecule has 1 atom stereocenters. The summed E-state index contributed by atoms with van der Waals surface area (Å²) in [6.45, 7) is 4.49. The minimum absolute atomic E-state index is 0.0521. The van der Waals surface area contributed by atoms with Gasteiger partial charge >= 0.3 is 0 Å². The van der Waals surface area contributed by atoms with E-state index >= 15 is 0 Å². The van der Waals surface area contributed by atoms with E-state index in [-0.39, 0.29) is 11.8 Å². The van der Waals surface area contributed by atoms with Gasteiger partial charge in [-0.2, -0.15) is 0 Å². The van der Waals surface area contributed by atoms with Crippen LogP contribution < -0.4 is 10.1 Å². The van der Waals surface area contributed by atoms with Gasteiger partial charge in [0.25, 0.3) is 0 Å². The van der Waals surface area contributed by atoms with Crippen molar-refractivity contribution >= 4 is 5.91 Å². The molecule has 0 bridgehead atoms. The van der Waals surface area contributed by atoms with Gasteiger partial charge in [-0.25, -0.2) is 0 Å². The molecule has 1 aliphatic carbocycles. The molecule has 1 unspecified atom stereocenters. The maximum Gasteiger partial charge on any atom is 0.227 e. The number of nitrogens with one attached hydrogen (secondary N) is 1. The van der Waals surface area contributed by atoms with Crippen LogP contribution >= 0.6 is 0 Å². The second kappa shape index (κ2) is 9.28. The Labute approximate surface area is 162 Å². The maximum atomic E-state index is 11.9. The summed E-state index contributed by atoms with van der Waals surface area (Å²) in [5.74, 6) is 7.20. The Kier molecular flexibility index (Phi) is 6.54. The maximum absolute atomic E-state index is 11.9. The van der Waals surface area contributed by atoms with E-state index < -0.39 is 0 Å². The van der Waals surface area contributed by atoms with Gasteiger partial charge in [-0.1, -0.05) is 24.0 Å². The summed E-state index contributed by atoms with van der Waals surface area (Å²) in [6, 6.07) is 15.9. The first-order valence-corrected chi connectivity index (χ1v) is 9.82. The fourth-order valence-corrected chi connectivity index (χ4v) is 3.29. The fourth-order valence-electron chi connectivity index (χ4n) is 3.29. The first-order chi connectivity index (χ1) is 13.2. The molecule has 1 fully saturated rings. The summed E-state index contributed by atoms with van der Waals surface area (Å²) in [5, 5.41) is 2.85. The van der Waals surface area contributed by atoms with Crippen molar-refractivity contribution in [1.82, 2.24) is 5.32 Å². The standard InChI is InChI=1S/C24H27NO2/c1-3-25-24(26)18(2)21-14-10-19(11-15-21)8-9-20-12-16-23(17-13-20)27-22-6-4-5-7-22/h10-18,22H,3-7H2,1-2H3,(H,25,26). The first kappa shape index (κ1) is 19.0. The minimum Gasteiger partial charge on any atom is -0.490 e. The number of likely N-dealkylation sites (N-methyl/N-ethyl adjacent to an activating group) is 1. The highest BCUT2D eigenvalue weighted by Gasteiger charge is 2.16. The van der Waals surface area contributed by atoms with Crippen LogP contribution in [0.3, 0.4) is 0 Å². The number of rotatable bonds is 5. The average Bonchev–Trinajstić information content (AvgIpc) is 3.20. The van der Waals surface area contributed by atoms with E-state index in [1.165, 1.54) is 12.8 Å². The van der Waals surface area contributed by atoms with Crippen molar-refractivity contribution in [2.24, 2.45) is 0 Å². The fraction of sp³-hybridized carbons (Fsp3) is 0.375. The van der Waals surface area contributed by atoms with Gasteiger partial charge in [0.2, 0.25) is 5.91 Å². The zero-order chi connectivity index (χ0) is 19.1. The van der Waals surface area contributed by atoms with Crippen LogP contribution in [0.2, 0.25) is 0 Å². The molecular weight excluding hydrogens is 334 g/mol. The summed E-state index contributed by atoms with van der Waals surface area (Å²) >= 11 is 0. The van der Waals surface area contributed by atoms with Crippen LogP contribution in [-0.2, 0) is 4.79 Å². The van der Waals surface area contributed by atoms with Gasteiger partial charge in [0.1, 0.15) is 5.75 Å². The summed E-state index contributed by atoms with van der Waals surface area (Å²) in [7, 11) is 0. The van der Waals surface area contributed by atoms with E-state index in [0.29, 0.717) is 12.6 Å². The molecule has 2 aromatic carbocycles. The van der Waals surface area contributed by atoms with Crippen molar-refractivity contribution in [1.29, 1.82) is 0 Å². The quantitative estimate of drug-likeness (QED) is 0.788. The predicted molar refractivity (Wildman–Crippen MR) is 109 cm³/mol. The molecule has 140 valence electrons. The Morgan fingerprint density at radius 2 is 1.59 bits per heavy atom. The Balaban J connectivity index is 1.60. The molecule has 27 heavy (non-hydrogen) atoms. The molecule has 1 N–H and O–H groups in total. The molecule has 0 spiro atoms. The first-order valence-electron chi connectivity index (χ1n) is 9.82. The van der Waals surface area contributed by atoms with E-state index in [0.717, 1.165) is 35.3 Å². The van der Waals surface area contributed by atoms with Crippen LogP contribution in [-0.4, -0.2) is 18.6 Å². The van der Waals surface area contributed by atoms with E-state index in [1.807, 2.05) is 62.4 Å². The molecule has 3 heteroatoms. The molecule has 0 heterocycles. The van der Waals surface area contributed by atoms with Crippen molar-refractivity contribution in [2.75, 3.05) is 6.54 Å². The predicted octanol–water partition coefficient (Wildman–Crippen LogP) is 4.65. The topological polar surface area (TPSA) is 38.3 Å². The van der Waals surface area contributed by atoms with Crippen LogP contribution in [0.15, 0.2) is 48.5 Å². The van der Waals surface area contributed by atoms with Crippen molar-refractivity contribution in [3.05, 3.63) is 65.2 Å². The number of carbonyl (C=O) groups excluding carboxylic acids is 1. The van der Waals surface area contributed by atoms with Gasteiger partial charge in [-0.3, -0.25) is 4.79 Å². The van der Waals surface area contributed by atoms with Crippen LogP contribution in [0.1, 0.15) is 62.1 Å². The molecule has 1 aliphatic rings. The monoisotopic (exact) mass is 361 g/mol. The largest absolute Gasteiger partial charge is 0.490 e. The highest BCUT2D eigenvalue weighted by molar-refractivity contribution is 5.83. The molecule has 2 aromatic rings. The lowest BCUT2D eigenvalue weighted by atomic mass is 9.99. The van der Waals surface area contributed by atoms with Crippen LogP contribution in [0, 0.1) is 11.8 Å². The van der Waals surface area contributed by atoms with Crippen molar-refractivity contribution in [3.8, 4) is 17.6 Å². The third-order valence-electron chi connectivity index (χ3n) is 4.97. The number of benzene rings is 2. The third-order valence-corrected chi connectivity index (χ3v) is 4.97.